The molecule has 0 atom stereocenters. The van der Waals surface area contributed by atoms with Crippen molar-refractivity contribution < 1.29 is 4.74 Å². The van der Waals surface area contributed by atoms with Crippen molar-refractivity contribution in [3.05, 3.63) is 13.5 Å². The first kappa shape index (κ1) is 11.7. The molecule has 1 aliphatic rings. The van der Waals surface area contributed by atoms with E-state index in [0.717, 1.165) is 19.7 Å². The topological polar surface area (TPSA) is 12.5 Å². The molecule has 0 bridgehead atoms. The molecular formula is C7H15LrNO-2. The third-order valence-corrected chi connectivity index (χ3v) is 1.38. The summed E-state index contributed by atoms with van der Waals surface area (Å²) in [5.74, 6) is 0. The second-order valence-corrected chi connectivity index (χ2v) is 2.31. The van der Waals surface area contributed by atoms with Gasteiger partial charge < -0.3 is 12.2 Å². The molecule has 0 N–H and O–H groups in total. The van der Waals surface area contributed by atoms with Gasteiger partial charge in [-0.15, -0.1) is 6.42 Å². The van der Waals surface area contributed by atoms with E-state index in [-0.39, 0.29) is 7.43 Å². The van der Waals surface area contributed by atoms with Gasteiger partial charge in [0.1, 0.15) is 0 Å². The Morgan fingerprint density at radius 2 is 2.10 bits per heavy atom. The molecule has 1 radical (unpaired) electrons. The van der Waals surface area contributed by atoms with Crippen LogP contribution >= 0.6 is 0 Å². The maximum Gasteiger partial charge on any atom is 0.0668 e. The Kier molecular flexibility index (Phi) is 5.57. The quantitative estimate of drug-likeness (QED) is 0.578. The van der Waals surface area contributed by atoms with Crippen LogP contribution in [0, 0.1) is 13.5 Å². The van der Waals surface area contributed by atoms with Gasteiger partial charge in [0, 0.05) is 0 Å². The SMILES string of the molecule is C[C-]1CCN(C)CO1.[CH3-].[Lr]. The number of nitrogens with zero attached hydrogens (tertiary/aromatic N) is 1. The van der Waals surface area contributed by atoms with Crippen LogP contribution in [0.15, 0.2) is 0 Å². The molecule has 1 heterocycles. The standard InChI is InChI=1S/C6H12NO.CH3.Lr/c1-6-3-4-7(2)5-8-6;;/h3-5H2,1-2H3;1H3;/q2*-1;. The van der Waals surface area contributed by atoms with Crippen molar-refractivity contribution >= 4 is 0 Å². The molecule has 1 rings (SSSR count). The smallest absolute Gasteiger partial charge is 0.0668 e. The summed E-state index contributed by atoms with van der Waals surface area (Å²) in [5.41, 5.74) is 0. The summed E-state index contributed by atoms with van der Waals surface area (Å²) in [6, 6.07) is 0. The van der Waals surface area contributed by atoms with Crippen molar-refractivity contribution in [3.63, 3.8) is 0 Å². The summed E-state index contributed by atoms with van der Waals surface area (Å²) in [7, 11) is 2.06. The molecule has 0 amide bonds. The number of hydrogen-bond acceptors (Lipinski definition) is 2. The summed E-state index contributed by atoms with van der Waals surface area (Å²) in [4.78, 5) is 2.16. The maximum absolute atomic E-state index is 5.23. The summed E-state index contributed by atoms with van der Waals surface area (Å²) >= 11 is 0. The molecule has 0 spiro atoms. The van der Waals surface area contributed by atoms with Gasteiger partial charge in [0.2, 0.25) is 0 Å². The summed E-state index contributed by atoms with van der Waals surface area (Å²) in [6.07, 6.45) is 2.26. The Balaban J connectivity index is 0. The van der Waals surface area contributed by atoms with Crippen molar-refractivity contribution in [1.82, 2.24) is 4.90 Å². The van der Waals surface area contributed by atoms with Crippen LogP contribution in [0.25, 0.3) is 0 Å². The molecule has 10 heavy (non-hydrogen) atoms. The molecule has 0 aliphatic carbocycles. The van der Waals surface area contributed by atoms with Gasteiger partial charge in [-0.3, -0.25) is 4.90 Å². The normalized spacial score (nSPS) is 21.0. The third kappa shape index (κ3) is 3.05. The molecule has 2 nitrogen and oxygen atoms in total. The largest absolute Gasteiger partial charge is 0.538 e. The number of rotatable bonds is 0. The van der Waals surface area contributed by atoms with Crippen molar-refractivity contribution in [2.45, 2.75) is 13.3 Å². The fourth-order valence-electron chi connectivity index (χ4n) is 0.705. The van der Waals surface area contributed by atoms with E-state index in [1.165, 1.54) is 6.10 Å². The summed E-state index contributed by atoms with van der Waals surface area (Å²) < 4.78 is 5.23. The third-order valence-electron chi connectivity index (χ3n) is 1.38. The van der Waals surface area contributed by atoms with Crippen molar-refractivity contribution in [2.75, 3.05) is 20.3 Å². The van der Waals surface area contributed by atoms with Crippen LogP contribution < -0.4 is 0 Å². The Bertz CT molecular complexity index is 62.0. The van der Waals surface area contributed by atoms with Crippen LogP contribution in [0.5, 0.6) is 0 Å². The molecule has 0 aromatic carbocycles. The van der Waals surface area contributed by atoms with Gasteiger partial charge in [0.25, 0.3) is 0 Å². The predicted octanol–water partition coefficient (Wildman–Crippen LogP) is 1.30. The maximum atomic E-state index is 5.23. The average molecular weight is 391 g/mol. The van der Waals surface area contributed by atoms with E-state index >= 15 is 0 Å². The van der Waals surface area contributed by atoms with Crippen LogP contribution in [0.2, 0.25) is 0 Å². The zero-order chi connectivity index (χ0) is 5.98. The minimum atomic E-state index is 0. The first-order chi connectivity index (χ1) is 3.79. The second-order valence-electron chi connectivity index (χ2n) is 2.31. The van der Waals surface area contributed by atoms with Crippen molar-refractivity contribution in [1.29, 1.82) is 0 Å². The zero-order valence-corrected chi connectivity index (χ0v) is 8.89. The fourth-order valence-corrected chi connectivity index (χ4v) is 0.705. The van der Waals surface area contributed by atoms with Crippen LogP contribution in [-0.4, -0.2) is 25.2 Å². The van der Waals surface area contributed by atoms with Gasteiger partial charge >= 0.3 is 0 Å². The van der Waals surface area contributed by atoms with Crippen molar-refractivity contribution in [2.24, 2.45) is 0 Å². The molecule has 1 aliphatic heterocycles. The second kappa shape index (κ2) is 4.77. The van der Waals surface area contributed by atoms with Gasteiger partial charge in [-0.2, -0.15) is 13.0 Å². The van der Waals surface area contributed by atoms with Gasteiger partial charge in [0.05, 0.1) is 6.73 Å². The van der Waals surface area contributed by atoms with E-state index in [0.29, 0.717) is 0 Å². The zero-order valence-electron chi connectivity index (χ0n) is 6.73. The fraction of sp³-hybridized carbons (Fsp3) is 0.714. The molecule has 1 saturated heterocycles. The van der Waals surface area contributed by atoms with E-state index in [1.54, 1.807) is 0 Å². The molecular weight excluding hydrogens is 376 g/mol. The van der Waals surface area contributed by atoms with E-state index in [2.05, 4.69) is 11.9 Å². The Morgan fingerprint density at radius 1 is 1.50 bits per heavy atom. The first-order valence-electron chi connectivity index (χ1n) is 2.93. The Labute approximate surface area is 57.8 Å². The molecule has 0 unspecified atom stereocenters. The van der Waals surface area contributed by atoms with Crippen LogP contribution in [0.1, 0.15) is 13.3 Å². The van der Waals surface area contributed by atoms with E-state index in [9.17, 15) is 0 Å². The first-order valence-corrected chi connectivity index (χ1v) is 2.93. The van der Waals surface area contributed by atoms with Gasteiger partial charge in [-0.1, -0.05) is 0 Å². The molecule has 3 heteroatoms. The summed E-state index contributed by atoms with van der Waals surface area (Å²) in [5, 5.41) is 0. The van der Waals surface area contributed by atoms with Gasteiger partial charge in [-0.25, -0.2) is 0 Å². The molecule has 1 fully saturated rings. The predicted molar refractivity (Wildman–Crippen MR) is 38.5 cm³/mol. The molecule has 0 saturated carbocycles. The molecule has 0 aromatic heterocycles. The Hall–Kier alpha value is -1.08. The van der Waals surface area contributed by atoms with Crippen LogP contribution in [0.3, 0.4) is 0 Å². The monoisotopic (exact) mass is 391 g/mol. The summed E-state index contributed by atoms with van der Waals surface area (Å²) in [6.45, 7) is 3.95. The van der Waals surface area contributed by atoms with E-state index < -0.39 is 0 Å². The molecule has 71 valence electrons. The van der Waals surface area contributed by atoms with Crippen LogP contribution in [0.4, 0.5) is 0 Å². The van der Waals surface area contributed by atoms with Crippen LogP contribution in [-0.2, 0) is 4.74 Å². The van der Waals surface area contributed by atoms with Gasteiger partial charge in [0.15, 0.2) is 0 Å². The minimum absolute atomic E-state index is 0. The number of hydrogen-bond donors (Lipinski definition) is 0. The van der Waals surface area contributed by atoms with Crippen molar-refractivity contribution in [3.8, 4) is 0 Å². The Morgan fingerprint density at radius 3 is 2.40 bits per heavy atom. The minimum Gasteiger partial charge on any atom is -0.538 e. The molecule has 0 aromatic rings. The van der Waals surface area contributed by atoms with Gasteiger partial charge in [-0.05, 0) is 13.6 Å². The van der Waals surface area contributed by atoms with E-state index in [4.69, 9.17) is 4.74 Å². The average Bonchev–Trinajstić information content (AvgIpc) is 1.77. The van der Waals surface area contributed by atoms with E-state index in [1.807, 2.05) is 6.92 Å². The number of ether oxygens (including phenoxy) is 1.